The molecule has 0 aromatic heterocycles. The van der Waals surface area contributed by atoms with Crippen LogP contribution in [0.4, 0.5) is 4.79 Å². The second-order valence-electron chi connectivity index (χ2n) is 5.38. The van der Waals surface area contributed by atoms with E-state index in [0.717, 1.165) is 25.7 Å². The summed E-state index contributed by atoms with van der Waals surface area (Å²) >= 11 is 0. The monoisotopic (exact) mass is 256 g/mol. The van der Waals surface area contributed by atoms with Gasteiger partial charge in [0.25, 0.3) is 0 Å². The van der Waals surface area contributed by atoms with Gasteiger partial charge in [-0.1, -0.05) is 0 Å². The number of hydrogen-bond acceptors (Lipinski definition) is 3. The Morgan fingerprint density at radius 2 is 2.06 bits per heavy atom. The molecule has 2 fully saturated rings. The number of carbonyl (C=O) groups excluding carboxylic acids is 1. The van der Waals surface area contributed by atoms with Crippen molar-refractivity contribution in [3.8, 4) is 0 Å². The second kappa shape index (κ2) is 4.76. The summed E-state index contributed by atoms with van der Waals surface area (Å²) in [6, 6.07) is -0.550. The van der Waals surface area contributed by atoms with Crippen LogP contribution in [-0.2, 0) is 4.79 Å². The number of likely N-dealkylation sites (tertiary alicyclic amines) is 1. The standard InChI is InChI=1S/C12H20N2O4/c1-12(10(16)17,8-4-5-8)13-11(18)14-6-2-3-9(14)7-15/h8-9,15H,2-7H2,1H3,(H,13,18)(H,16,17). The molecule has 1 saturated carbocycles. The van der Waals surface area contributed by atoms with E-state index in [2.05, 4.69) is 5.32 Å². The summed E-state index contributed by atoms with van der Waals surface area (Å²) in [6.45, 7) is 2.08. The lowest BCUT2D eigenvalue weighted by Crippen LogP contribution is -2.58. The highest BCUT2D eigenvalue weighted by Gasteiger charge is 2.49. The number of aliphatic carboxylic acids is 1. The molecule has 0 spiro atoms. The fraction of sp³-hybridized carbons (Fsp3) is 0.833. The number of aliphatic hydroxyl groups excluding tert-OH is 1. The summed E-state index contributed by atoms with van der Waals surface area (Å²) in [5.41, 5.74) is -1.18. The van der Waals surface area contributed by atoms with E-state index in [1.165, 1.54) is 0 Å². The first-order valence-electron chi connectivity index (χ1n) is 6.42. The van der Waals surface area contributed by atoms with Gasteiger partial charge in [-0.2, -0.15) is 0 Å². The number of carboxylic acid groups (broad SMARTS) is 1. The normalized spacial score (nSPS) is 26.8. The van der Waals surface area contributed by atoms with E-state index in [-0.39, 0.29) is 24.6 Å². The fourth-order valence-electron chi connectivity index (χ4n) is 2.58. The van der Waals surface area contributed by atoms with Crippen molar-refractivity contribution in [2.24, 2.45) is 5.92 Å². The molecule has 1 saturated heterocycles. The molecule has 2 aliphatic rings. The number of rotatable bonds is 4. The molecule has 102 valence electrons. The fourth-order valence-corrected chi connectivity index (χ4v) is 2.58. The van der Waals surface area contributed by atoms with Gasteiger partial charge in [-0.25, -0.2) is 9.59 Å². The summed E-state index contributed by atoms with van der Waals surface area (Å²) in [5.74, 6) is -0.966. The van der Waals surface area contributed by atoms with Gasteiger partial charge in [0.05, 0.1) is 12.6 Å². The Balaban J connectivity index is 2.03. The van der Waals surface area contributed by atoms with Crippen molar-refractivity contribution in [2.75, 3.05) is 13.2 Å². The van der Waals surface area contributed by atoms with Gasteiger partial charge >= 0.3 is 12.0 Å². The molecule has 3 N–H and O–H groups in total. The zero-order valence-corrected chi connectivity index (χ0v) is 10.6. The Labute approximate surface area is 106 Å². The summed E-state index contributed by atoms with van der Waals surface area (Å²) in [7, 11) is 0. The predicted octanol–water partition coefficient (Wildman–Crippen LogP) is 0.406. The lowest BCUT2D eigenvalue weighted by Gasteiger charge is -2.31. The Hall–Kier alpha value is -1.30. The largest absolute Gasteiger partial charge is 0.480 e. The van der Waals surface area contributed by atoms with Gasteiger partial charge < -0.3 is 20.4 Å². The molecule has 6 nitrogen and oxygen atoms in total. The van der Waals surface area contributed by atoms with Crippen LogP contribution < -0.4 is 5.32 Å². The van der Waals surface area contributed by atoms with E-state index in [4.69, 9.17) is 0 Å². The topological polar surface area (TPSA) is 89.9 Å². The first-order valence-corrected chi connectivity index (χ1v) is 6.42. The van der Waals surface area contributed by atoms with Gasteiger partial charge in [0.1, 0.15) is 5.54 Å². The van der Waals surface area contributed by atoms with Crippen molar-refractivity contribution in [1.82, 2.24) is 10.2 Å². The van der Waals surface area contributed by atoms with Crippen LogP contribution in [0, 0.1) is 5.92 Å². The number of urea groups is 1. The predicted molar refractivity (Wildman–Crippen MR) is 64.1 cm³/mol. The molecule has 1 aliphatic heterocycles. The van der Waals surface area contributed by atoms with Gasteiger partial charge in [-0.05, 0) is 38.5 Å². The third-order valence-electron chi connectivity index (χ3n) is 4.05. The minimum Gasteiger partial charge on any atom is -0.480 e. The number of nitrogens with zero attached hydrogens (tertiary/aromatic N) is 1. The molecule has 2 rings (SSSR count). The minimum atomic E-state index is -1.18. The van der Waals surface area contributed by atoms with Crippen LogP contribution in [-0.4, -0.2) is 51.8 Å². The molecule has 0 aromatic carbocycles. The average Bonchev–Trinajstić information content (AvgIpc) is 3.07. The molecular formula is C12H20N2O4. The molecule has 2 atom stereocenters. The maximum absolute atomic E-state index is 12.1. The van der Waals surface area contributed by atoms with E-state index in [9.17, 15) is 19.8 Å². The van der Waals surface area contributed by atoms with Crippen molar-refractivity contribution >= 4 is 12.0 Å². The Bertz CT molecular complexity index is 356. The van der Waals surface area contributed by atoms with Crippen LogP contribution in [0.15, 0.2) is 0 Å². The summed E-state index contributed by atoms with van der Waals surface area (Å²) in [4.78, 5) is 25.0. The smallest absolute Gasteiger partial charge is 0.329 e. The van der Waals surface area contributed by atoms with E-state index >= 15 is 0 Å². The van der Waals surface area contributed by atoms with Gasteiger partial charge in [-0.15, -0.1) is 0 Å². The molecule has 2 unspecified atom stereocenters. The maximum Gasteiger partial charge on any atom is 0.329 e. The third kappa shape index (κ3) is 2.29. The third-order valence-corrected chi connectivity index (χ3v) is 4.05. The Kier molecular flexibility index (Phi) is 3.47. The zero-order valence-electron chi connectivity index (χ0n) is 10.6. The quantitative estimate of drug-likeness (QED) is 0.679. The Morgan fingerprint density at radius 3 is 2.56 bits per heavy atom. The van der Waals surface area contributed by atoms with Gasteiger partial charge in [-0.3, -0.25) is 0 Å². The van der Waals surface area contributed by atoms with E-state index in [1.54, 1.807) is 11.8 Å². The highest BCUT2D eigenvalue weighted by atomic mass is 16.4. The summed E-state index contributed by atoms with van der Waals surface area (Å²) in [6.07, 6.45) is 3.31. The Morgan fingerprint density at radius 1 is 1.39 bits per heavy atom. The van der Waals surface area contributed by atoms with E-state index in [1.807, 2.05) is 0 Å². The van der Waals surface area contributed by atoms with Gasteiger partial charge in [0, 0.05) is 6.54 Å². The molecule has 0 bridgehead atoms. The number of amides is 2. The first kappa shape index (κ1) is 13.1. The number of aliphatic hydroxyl groups is 1. The molecule has 2 amide bonds. The number of carboxylic acids is 1. The van der Waals surface area contributed by atoms with E-state index in [0.29, 0.717) is 6.54 Å². The second-order valence-corrected chi connectivity index (χ2v) is 5.38. The lowest BCUT2D eigenvalue weighted by molar-refractivity contribution is -0.144. The van der Waals surface area contributed by atoms with E-state index < -0.39 is 11.5 Å². The number of nitrogens with one attached hydrogen (secondary N) is 1. The molecule has 0 aromatic rings. The van der Waals surface area contributed by atoms with Crippen LogP contribution in [0.5, 0.6) is 0 Å². The van der Waals surface area contributed by atoms with Crippen molar-refractivity contribution < 1.29 is 19.8 Å². The summed E-state index contributed by atoms with van der Waals surface area (Å²) in [5, 5.41) is 21.1. The lowest BCUT2D eigenvalue weighted by atomic mass is 9.96. The van der Waals surface area contributed by atoms with Crippen LogP contribution in [0.3, 0.4) is 0 Å². The van der Waals surface area contributed by atoms with Crippen molar-refractivity contribution in [1.29, 1.82) is 0 Å². The number of hydrogen-bond donors (Lipinski definition) is 3. The molecule has 1 aliphatic carbocycles. The SMILES string of the molecule is CC(NC(=O)N1CCCC1CO)(C(=O)O)C1CC1. The van der Waals surface area contributed by atoms with Crippen molar-refractivity contribution in [3.63, 3.8) is 0 Å². The highest BCUT2D eigenvalue weighted by Crippen LogP contribution is 2.40. The highest BCUT2D eigenvalue weighted by molar-refractivity contribution is 5.86. The molecule has 6 heteroatoms. The average molecular weight is 256 g/mol. The zero-order chi connectivity index (χ0) is 13.3. The number of carbonyl (C=O) groups is 2. The van der Waals surface area contributed by atoms with Gasteiger partial charge in [0.15, 0.2) is 0 Å². The first-order chi connectivity index (χ1) is 8.49. The van der Waals surface area contributed by atoms with Crippen LogP contribution in [0.25, 0.3) is 0 Å². The van der Waals surface area contributed by atoms with Crippen molar-refractivity contribution in [3.05, 3.63) is 0 Å². The molecular weight excluding hydrogens is 236 g/mol. The van der Waals surface area contributed by atoms with Crippen LogP contribution >= 0.6 is 0 Å². The van der Waals surface area contributed by atoms with Crippen LogP contribution in [0.2, 0.25) is 0 Å². The molecule has 1 heterocycles. The van der Waals surface area contributed by atoms with Gasteiger partial charge in [0.2, 0.25) is 0 Å². The maximum atomic E-state index is 12.1. The summed E-state index contributed by atoms with van der Waals surface area (Å²) < 4.78 is 0. The molecule has 18 heavy (non-hydrogen) atoms. The van der Waals surface area contributed by atoms with Crippen molar-refractivity contribution in [2.45, 2.75) is 44.2 Å². The molecule has 0 radical (unpaired) electrons. The van der Waals surface area contributed by atoms with Crippen LogP contribution in [0.1, 0.15) is 32.6 Å². The minimum absolute atomic E-state index is 0.0223.